The quantitative estimate of drug-likeness (QED) is 0.264. The monoisotopic (exact) mass is 530 g/mol. The minimum absolute atomic E-state index is 0.0291. The summed E-state index contributed by atoms with van der Waals surface area (Å²) in [6, 6.07) is 12.3. The van der Waals surface area contributed by atoms with Gasteiger partial charge in [0.15, 0.2) is 11.6 Å². The summed E-state index contributed by atoms with van der Waals surface area (Å²) in [7, 11) is 1.64. The van der Waals surface area contributed by atoms with Crippen LogP contribution in [0.3, 0.4) is 0 Å². The van der Waals surface area contributed by atoms with Gasteiger partial charge in [-0.1, -0.05) is 75.3 Å². The van der Waals surface area contributed by atoms with Gasteiger partial charge in [0, 0.05) is 28.4 Å². The minimum Gasteiger partial charge on any atom is -0.495 e. The van der Waals surface area contributed by atoms with Crippen molar-refractivity contribution < 1.29 is 4.74 Å². The van der Waals surface area contributed by atoms with Gasteiger partial charge in [0.25, 0.3) is 0 Å². The average molecular weight is 531 g/mol. The topological polar surface area (TPSA) is 70.7 Å². The van der Waals surface area contributed by atoms with E-state index in [-0.39, 0.29) is 10.8 Å². The van der Waals surface area contributed by atoms with Crippen LogP contribution in [-0.4, -0.2) is 36.6 Å². The van der Waals surface area contributed by atoms with Crippen LogP contribution in [0, 0.1) is 6.92 Å². The van der Waals surface area contributed by atoms with Gasteiger partial charge >= 0.3 is 0 Å². The predicted molar refractivity (Wildman–Crippen MR) is 160 cm³/mol. The number of methoxy groups -OCH3 is 1. The molecule has 0 aliphatic rings. The largest absolute Gasteiger partial charge is 0.495 e. The standard InChI is InChI=1S/C16H23N3O.C16H23N3/c1-11(2)13-9-14(16(3,4)5)18-19(13)15-8-7-12(20-6)10-17-15;1-11(2)13-9-14(16(4,5)6)18-19(13)15-8-7-12(3)10-17-15/h7-11H,1-6H3;7-11H,1-6H3. The van der Waals surface area contributed by atoms with Gasteiger partial charge in [-0.15, -0.1) is 0 Å². The van der Waals surface area contributed by atoms with Crippen LogP contribution >= 0.6 is 0 Å². The van der Waals surface area contributed by atoms with Crippen molar-refractivity contribution in [1.29, 1.82) is 0 Å². The van der Waals surface area contributed by atoms with E-state index in [9.17, 15) is 0 Å². The van der Waals surface area contributed by atoms with Gasteiger partial charge in [-0.05, 0) is 54.7 Å². The number of pyridine rings is 2. The van der Waals surface area contributed by atoms with Crippen LogP contribution in [0.2, 0.25) is 0 Å². The second-order valence-corrected chi connectivity index (χ2v) is 12.8. The van der Waals surface area contributed by atoms with Crippen molar-refractivity contribution in [3.8, 4) is 17.4 Å². The molecule has 0 aromatic carbocycles. The molecule has 0 aliphatic heterocycles. The van der Waals surface area contributed by atoms with Crippen molar-refractivity contribution in [1.82, 2.24) is 29.5 Å². The van der Waals surface area contributed by atoms with Gasteiger partial charge in [0.05, 0.1) is 24.7 Å². The fourth-order valence-electron chi connectivity index (χ4n) is 3.92. The zero-order chi connectivity index (χ0) is 29.1. The maximum Gasteiger partial charge on any atom is 0.153 e. The number of aromatic nitrogens is 6. The molecule has 0 atom stereocenters. The lowest BCUT2D eigenvalue weighted by Crippen LogP contribution is -2.13. The molecular formula is C32H46N6O. The summed E-state index contributed by atoms with van der Waals surface area (Å²) in [6.07, 6.45) is 3.61. The molecule has 0 bridgehead atoms. The lowest BCUT2D eigenvalue weighted by atomic mass is 9.91. The molecule has 0 aliphatic carbocycles. The molecule has 7 heteroatoms. The van der Waals surface area contributed by atoms with Crippen LogP contribution < -0.4 is 4.74 Å². The van der Waals surface area contributed by atoms with E-state index in [2.05, 4.69) is 97.4 Å². The highest BCUT2D eigenvalue weighted by Gasteiger charge is 2.23. The summed E-state index contributed by atoms with van der Waals surface area (Å²) in [5, 5.41) is 9.50. The molecule has 4 rings (SSSR count). The Morgan fingerprint density at radius 2 is 1.10 bits per heavy atom. The van der Waals surface area contributed by atoms with Gasteiger partial charge in [-0.25, -0.2) is 19.3 Å². The fourth-order valence-corrected chi connectivity index (χ4v) is 3.92. The van der Waals surface area contributed by atoms with E-state index in [0.717, 1.165) is 34.3 Å². The molecule has 0 unspecified atom stereocenters. The molecular weight excluding hydrogens is 484 g/mol. The van der Waals surface area contributed by atoms with Crippen molar-refractivity contribution in [2.75, 3.05) is 7.11 Å². The number of hydrogen-bond donors (Lipinski definition) is 0. The third kappa shape index (κ3) is 7.34. The summed E-state index contributed by atoms with van der Waals surface area (Å²) in [5.74, 6) is 3.28. The molecule has 4 aromatic heterocycles. The second kappa shape index (κ2) is 11.7. The molecule has 0 saturated carbocycles. The summed E-state index contributed by atoms with van der Waals surface area (Å²) in [4.78, 5) is 8.92. The molecule has 4 heterocycles. The summed E-state index contributed by atoms with van der Waals surface area (Å²) in [5.41, 5.74) is 5.82. The molecule has 210 valence electrons. The molecule has 0 radical (unpaired) electrons. The summed E-state index contributed by atoms with van der Waals surface area (Å²) < 4.78 is 9.06. The Morgan fingerprint density at radius 3 is 1.41 bits per heavy atom. The normalized spacial score (nSPS) is 12.1. The van der Waals surface area contributed by atoms with E-state index < -0.39 is 0 Å². The highest BCUT2D eigenvalue weighted by Crippen LogP contribution is 2.28. The molecule has 0 saturated heterocycles. The number of rotatable bonds is 5. The number of nitrogens with zero attached hydrogens (tertiary/aromatic N) is 6. The smallest absolute Gasteiger partial charge is 0.153 e. The van der Waals surface area contributed by atoms with E-state index in [1.165, 1.54) is 11.4 Å². The van der Waals surface area contributed by atoms with Gasteiger partial charge in [0.1, 0.15) is 5.75 Å². The molecule has 4 aromatic rings. The van der Waals surface area contributed by atoms with E-state index in [0.29, 0.717) is 11.8 Å². The Labute approximate surface area is 234 Å². The Bertz CT molecular complexity index is 1350. The van der Waals surface area contributed by atoms with Gasteiger partial charge < -0.3 is 4.74 Å². The van der Waals surface area contributed by atoms with Crippen molar-refractivity contribution in [2.45, 2.75) is 98.8 Å². The highest BCUT2D eigenvalue weighted by atomic mass is 16.5. The molecule has 0 N–H and O–H groups in total. The maximum atomic E-state index is 5.15. The zero-order valence-electron chi connectivity index (χ0n) is 25.9. The maximum absolute atomic E-state index is 5.15. The first kappa shape index (κ1) is 30.1. The van der Waals surface area contributed by atoms with Crippen LogP contribution in [0.25, 0.3) is 11.6 Å². The lowest BCUT2D eigenvalue weighted by molar-refractivity contribution is 0.412. The number of aryl methyl sites for hydroxylation is 1. The molecule has 39 heavy (non-hydrogen) atoms. The average Bonchev–Trinajstić information content (AvgIpc) is 3.51. The minimum atomic E-state index is 0.0291. The van der Waals surface area contributed by atoms with Crippen LogP contribution in [0.5, 0.6) is 5.75 Å². The van der Waals surface area contributed by atoms with Crippen LogP contribution in [0.15, 0.2) is 48.8 Å². The lowest BCUT2D eigenvalue weighted by Gasteiger charge is -2.14. The first-order valence-corrected chi connectivity index (χ1v) is 13.8. The van der Waals surface area contributed by atoms with E-state index in [1.54, 1.807) is 13.3 Å². The van der Waals surface area contributed by atoms with Crippen molar-refractivity contribution in [3.63, 3.8) is 0 Å². The molecule has 0 amide bonds. The first-order valence-electron chi connectivity index (χ1n) is 13.8. The van der Waals surface area contributed by atoms with Crippen LogP contribution in [-0.2, 0) is 10.8 Å². The third-order valence-corrected chi connectivity index (χ3v) is 6.48. The van der Waals surface area contributed by atoms with E-state index in [1.807, 2.05) is 40.7 Å². The van der Waals surface area contributed by atoms with Crippen molar-refractivity contribution >= 4 is 0 Å². The zero-order valence-corrected chi connectivity index (χ0v) is 25.9. The Balaban J connectivity index is 0.000000216. The Morgan fingerprint density at radius 1 is 0.667 bits per heavy atom. The predicted octanol–water partition coefficient (Wildman–Crippen LogP) is 7.69. The van der Waals surface area contributed by atoms with Crippen LogP contribution in [0.1, 0.15) is 109 Å². The summed E-state index contributed by atoms with van der Waals surface area (Å²) in [6.45, 7) is 23.8. The number of ether oxygens (including phenoxy) is 1. The first-order chi connectivity index (χ1) is 18.1. The van der Waals surface area contributed by atoms with Gasteiger partial charge in [-0.3, -0.25) is 0 Å². The third-order valence-electron chi connectivity index (χ3n) is 6.48. The van der Waals surface area contributed by atoms with Crippen molar-refractivity contribution in [3.05, 3.63) is 77.1 Å². The second-order valence-electron chi connectivity index (χ2n) is 12.8. The molecule has 0 fully saturated rings. The van der Waals surface area contributed by atoms with Crippen molar-refractivity contribution in [2.24, 2.45) is 0 Å². The Hall–Kier alpha value is -3.48. The summed E-state index contributed by atoms with van der Waals surface area (Å²) >= 11 is 0. The fraction of sp³-hybridized carbons (Fsp3) is 0.500. The molecule has 7 nitrogen and oxygen atoms in total. The Kier molecular flexibility index (Phi) is 9.04. The van der Waals surface area contributed by atoms with Crippen LogP contribution in [0.4, 0.5) is 0 Å². The number of hydrogen-bond acceptors (Lipinski definition) is 5. The molecule has 0 spiro atoms. The SMILES string of the molecule is COc1ccc(-n2nc(C(C)(C)C)cc2C(C)C)nc1.Cc1ccc(-n2nc(C(C)(C)C)cc2C(C)C)nc1. The van der Waals surface area contributed by atoms with Gasteiger partial charge in [-0.2, -0.15) is 10.2 Å². The van der Waals surface area contributed by atoms with E-state index >= 15 is 0 Å². The highest BCUT2D eigenvalue weighted by molar-refractivity contribution is 5.33. The van der Waals surface area contributed by atoms with Gasteiger partial charge in [0.2, 0.25) is 0 Å². The van der Waals surface area contributed by atoms with E-state index in [4.69, 9.17) is 14.9 Å².